The van der Waals surface area contributed by atoms with E-state index in [1.54, 1.807) is 22.3 Å². The van der Waals surface area contributed by atoms with Crippen molar-refractivity contribution in [1.82, 2.24) is 14.6 Å². The molecule has 0 radical (unpaired) electrons. The first-order valence-electron chi connectivity index (χ1n) is 9.61. The Kier molecular flexibility index (Phi) is 5.68. The largest absolute Gasteiger partial charge is 0.332 e. The molecule has 1 atom stereocenters. The van der Waals surface area contributed by atoms with Gasteiger partial charge in [0.1, 0.15) is 5.01 Å². The highest BCUT2D eigenvalue weighted by atomic mass is 32.2. The molecule has 1 aliphatic rings. The van der Waals surface area contributed by atoms with Crippen LogP contribution in [0.1, 0.15) is 41.2 Å². The molecular weight excluding hydrogens is 422 g/mol. The fourth-order valence-electron chi connectivity index (χ4n) is 3.58. The topological polar surface area (TPSA) is 96.4 Å². The zero-order chi connectivity index (χ0) is 21.3. The minimum Gasteiger partial charge on any atom is -0.332 e. The minimum absolute atomic E-state index is 0.0351. The number of carbonyl (C=O) groups is 2. The predicted octanol–water partition coefficient (Wildman–Crippen LogP) is 3.14. The minimum atomic E-state index is -3.91. The van der Waals surface area contributed by atoms with Crippen LogP contribution in [-0.2, 0) is 14.8 Å². The van der Waals surface area contributed by atoms with Crippen LogP contribution < -0.4 is 4.72 Å². The Balaban J connectivity index is 1.47. The van der Waals surface area contributed by atoms with Gasteiger partial charge in [-0.15, -0.1) is 11.3 Å². The molecule has 1 fully saturated rings. The number of nitrogens with one attached hydrogen (secondary N) is 1. The molecule has 0 saturated carbocycles. The molecule has 30 heavy (non-hydrogen) atoms. The summed E-state index contributed by atoms with van der Waals surface area (Å²) in [6, 6.07) is 13.5. The number of hydrogen-bond acceptors (Lipinski definition) is 6. The number of thiazole rings is 1. The van der Waals surface area contributed by atoms with Crippen LogP contribution in [0.4, 0.5) is 0 Å². The second-order valence-electron chi connectivity index (χ2n) is 7.17. The average molecular weight is 444 g/mol. The van der Waals surface area contributed by atoms with E-state index in [4.69, 9.17) is 0 Å². The van der Waals surface area contributed by atoms with Gasteiger partial charge in [0.05, 0.1) is 27.7 Å². The summed E-state index contributed by atoms with van der Waals surface area (Å²) in [4.78, 5) is 30.7. The molecule has 1 N–H and O–H groups in total. The van der Waals surface area contributed by atoms with Crippen LogP contribution in [0.3, 0.4) is 0 Å². The monoisotopic (exact) mass is 443 g/mol. The van der Waals surface area contributed by atoms with Crippen molar-refractivity contribution in [1.29, 1.82) is 0 Å². The van der Waals surface area contributed by atoms with E-state index in [-0.39, 0.29) is 29.2 Å². The molecule has 1 saturated heterocycles. The predicted molar refractivity (Wildman–Crippen MR) is 115 cm³/mol. The van der Waals surface area contributed by atoms with E-state index in [1.165, 1.54) is 25.1 Å². The number of hydrogen-bond donors (Lipinski definition) is 1. The van der Waals surface area contributed by atoms with E-state index in [0.29, 0.717) is 12.1 Å². The first-order chi connectivity index (χ1) is 14.3. The Morgan fingerprint density at radius 2 is 2.00 bits per heavy atom. The summed E-state index contributed by atoms with van der Waals surface area (Å²) in [7, 11) is -3.91. The molecule has 156 valence electrons. The number of benzene rings is 2. The van der Waals surface area contributed by atoms with Gasteiger partial charge in [0.15, 0.2) is 5.78 Å². The van der Waals surface area contributed by atoms with Crippen LogP contribution >= 0.6 is 11.3 Å². The first-order valence-corrected chi connectivity index (χ1v) is 11.9. The molecule has 1 unspecified atom stereocenters. The van der Waals surface area contributed by atoms with Gasteiger partial charge in [-0.2, -0.15) is 0 Å². The summed E-state index contributed by atoms with van der Waals surface area (Å²) in [5.41, 5.74) is 1.21. The highest BCUT2D eigenvalue weighted by Crippen LogP contribution is 2.36. The van der Waals surface area contributed by atoms with Gasteiger partial charge in [-0.3, -0.25) is 9.59 Å². The maximum atomic E-state index is 12.8. The van der Waals surface area contributed by atoms with Crippen molar-refractivity contribution in [2.24, 2.45) is 0 Å². The third kappa shape index (κ3) is 4.14. The highest BCUT2D eigenvalue weighted by Gasteiger charge is 2.32. The van der Waals surface area contributed by atoms with E-state index >= 15 is 0 Å². The lowest BCUT2D eigenvalue weighted by atomic mass is 10.2. The van der Waals surface area contributed by atoms with Gasteiger partial charge >= 0.3 is 0 Å². The van der Waals surface area contributed by atoms with Gasteiger partial charge in [-0.1, -0.05) is 24.3 Å². The molecule has 1 aromatic heterocycles. The number of nitrogens with zero attached hydrogens (tertiary/aromatic N) is 2. The average Bonchev–Trinajstić information content (AvgIpc) is 3.38. The molecule has 3 aromatic rings. The number of fused-ring (bicyclic) bond motifs is 1. The fourth-order valence-corrected chi connectivity index (χ4v) is 5.71. The molecular formula is C21H21N3O4S2. The van der Waals surface area contributed by atoms with Gasteiger partial charge in [-0.25, -0.2) is 18.1 Å². The molecule has 4 rings (SSSR count). The van der Waals surface area contributed by atoms with Crippen molar-refractivity contribution >= 4 is 43.3 Å². The first kappa shape index (κ1) is 20.6. The third-order valence-corrected chi connectivity index (χ3v) is 7.67. The molecule has 0 aliphatic carbocycles. The standard InChI is InChI=1S/C21H21N3O4S2/c1-14(25)15-6-4-7-16(12-15)30(27,28)22-13-20(26)24-11-5-9-18(24)21-23-17-8-2-3-10-19(17)29-21/h2-4,6-8,10,12,18,22H,5,9,11,13H2,1H3. The lowest BCUT2D eigenvalue weighted by molar-refractivity contribution is -0.130. The van der Waals surface area contributed by atoms with Gasteiger partial charge in [0.2, 0.25) is 15.9 Å². The Bertz CT molecular complexity index is 1190. The van der Waals surface area contributed by atoms with Crippen molar-refractivity contribution < 1.29 is 18.0 Å². The van der Waals surface area contributed by atoms with Crippen LogP contribution in [0.25, 0.3) is 10.2 Å². The normalized spacial score (nSPS) is 16.8. The summed E-state index contributed by atoms with van der Waals surface area (Å²) in [6.07, 6.45) is 1.65. The number of ketones is 1. The van der Waals surface area contributed by atoms with Crippen LogP contribution in [0.15, 0.2) is 53.4 Å². The van der Waals surface area contributed by atoms with Crippen LogP contribution in [0, 0.1) is 0 Å². The Hall–Kier alpha value is -2.62. The number of sulfonamides is 1. The van der Waals surface area contributed by atoms with Crippen molar-refractivity contribution in [2.75, 3.05) is 13.1 Å². The maximum absolute atomic E-state index is 12.8. The van der Waals surface area contributed by atoms with E-state index < -0.39 is 10.0 Å². The number of para-hydroxylation sites is 1. The zero-order valence-corrected chi connectivity index (χ0v) is 18.0. The summed E-state index contributed by atoms with van der Waals surface area (Å²) in [6.45, 7) is 1.60. The second kappa shape index (κ2) is 8.25. The summed E-state index contributed by atoms with van der Waals surface area (Å²) in [5.74, 6) is -0.512. The lowest BCUT2D eigenvalue weighted by Crippen LogP contribution is -2.39. The number of carbonyl (C=O) groups excluding carboxylic acids is 2. The quantitative estimate of drug-likeness (QED) is 0.591. The van der Waals surface area contributed by atoms with Crippen LogP contribution in [0.2, 0.25) is 0 Å². The van der Waals surface area contributed by atoms with E-state index in [1.807, 2.05) is 24.3 Å². The molecule has 1 amide bonds. The highest BCUT2D eigenvalue weighted by molar-refractivity contribution is 7.89. The van der Waals surface area contributed by atoms with Gasteiger partial charge in [0.25, 0.3) is 0 Å². The Morgan fingerprint density at radius 1 is 1.20 bits per heavy atom. The van der Waals surface area contributed by atoms with Gasteiger partial charge in [0, 0.05) is 12.1 Å². The number of aromatic nitrogens is 1. The molecule has 2 aromatic carbocycles. The van der Waals surface area contributed by atoms with E-state index in [0.717, 1.165) is 28.1 Å². The van der Waals surface area contributed by atoms with E-state index in [2.05, 4.69) is 9.71 Å². The molecule has 9 heteroatoms. The molecule has 2 heterocycles. The zero-order valence-electron chi connectivity index (χ0n) is 16.4. The fraction of sp³-hybridized carbons (Fsp3) is 0.286. The van der Waals surface area contributed by atoms with Crippen LogP contribution in [-0.4, -0.2) is 43.1 Å². The smallest absolute Gasteiger partial charge is 0.241 e. The molecule has 0 bridgehead atoms. The van der Waals surface area contributed by atoms with Crippen molar-refractivity contribution in [3.63, 3.8) is 0 Å². The van der Waals surface area contributed by atoms with Crippen molar-refractivity contribution in [3.05, 3.63) is 59.1 Å². The Morgan fingerprint density at radius 3 is 2.77 bits per heavy atom. The van der Waals surface area contributed by atoms with Gasteiger partial charge in [-0.05, 0) is 44.0 Å². The second-order valence-corrected chi connectivity index (χ2v) is 10.0. The number of amides is 1. The van der Waals surface area contributed by atoms with Crippen molar-refractivity contribution in [2.45, 2.75) is 30.7 Å². The van der Waals surface area contributed by atoms with Crippen LogP contribution in [0.5, 0.6) is 0 Å². The SMILES string of the molecule is CC(=O)c1cccc(S(=O)(=O)NCC(=O)N2CCCC2c2nc3ccccc3s2)c1. The number of Topliss-reactive ketones (excluding diaryl/α,β-unsaturated/α-hetero) is 1. The maximum Gasteiger partial charge on any atom is 0.241 e. The summed E-state index contributed by atoms with van der Waals surface area (Å²) >= 11 is 1.56. The lowest BCUT2D eigenvalue weighted by Gasteiger charge is -2.23. The number of rotatable bonds is 6. The molecule has 0 spiro atoms. The van der Waals surface area contributed by atoms with Gasteiger partial charge < -0.3 is 4.90 Å². The summed E-state index contributed by atoms with van der Waals surface area (Å²) < 4.78 is 28.6. The summed E-state index contributed by atoms with van der Waals surface area (Å²) in [5, 5.41) is 0.874. The van der Waals surface area contributed by atoms with E-state index in [9.17, 15) is 18.0 Å². The third-order valence-electron chi connectivity index (χ3n) is 5.13. The Labute approximate surface area is 178 Å². The molecule has 7 nitrogen and oxygen atoms in total. The van der Waals surface area contributed by atoms with Crippen molar-refractivity contribution in [3.8, 4) is 0 Å². The molecule has 1 aliphatic heterocycles. The number of likely N-dealkylation sites (tertiary alicyclic amines) is 1.